The number of benzene rings is 3. The standard InChI is InChI=1S/C29H34O3/c1-18-14-19(2)26-17-29(5,32-28(26)20(18)3)13-7-8-27(30)21(4)22-9-10-24-16-25(31-6)12-11-23(24)15-22/h9-12,14-16,21H,7-8,13,17H2,1-6H3. The summed E-state index contributed by atoms with van der Waals surface area (Å²) in [5, 5.41) is 2.26. The molecule has 0 saturated carbocycles. The number of carbonyl (C=O) groups is 1. The van der Waals surface area contributed by atoms with Crippen LogP contribution in [0.2, 0.25) is 0 Å². The van der Waals surface area contributed by atoms with E-state index in [4.69, 9.17) is 9.47 Å². The molecule has 0 N–H and O–H groups in total. The van der Waals surface area contributed by atoms with E-state index in [-0.39, 0.29) is 11.5 Å². The fourth-order valence-corrected chi connectivity index (χ4v) is 4.94. The van der Waals surface area contributed by atoms with Crippen molar-refractivity contribution in [2.75, 3.05) is 7.11 Å². The van der Waals surface area contributed by atoms with Crippen molar-refractivity contribution in [3.63, 3.8) is 0 Å². The molecule has 3 heteroatoms. The molecule has 1 aliphatic heterocycles. The topological polar surface area (TPSA) is 35.5 Å². The van der Waals surface area contributed by atoms with E-state index in [0.717, 1.165) is 47.1 Å². The van der Waals surface area contributed by atoms with Gasteiger partial charge in [-0.3, -0.25) is 4.79 Å². The summed E-state index contributed by atoms with van der Waals surface area (Å²) in [6.07, 6.45) is 3.23. The summed E-state index contributed by atoms with van der Waals surface area (Å²) in [5.41, 5.74) is 6.02. The second-order valence-electron chi connectivity index (χ2n) is 9.69. The van der Waals surface area contributed by atoms with Crippen molar-refractivity contribution in [3.8, 4) is 11.5 Å². The lowest BCUT2D eigenvalue weighted by Crippen LogP contribution is -2.30. The van der Waals surface area contributed by atoms with Crippen LogP contribution in [0.4, 0.5) is 0 Å². The number of hydrogen-bond donors (Lipinski definition) is 0. The Morgan fingerprint density at radius 1 is 1.06 bits per heavy atom. The van der Waals surface area contributed by atoms with Crippen molar-refractivity contribution in [1.82, 2.24) is 0 Å². The molecule has 0 radical (unpaired) electrons. The van der Waals surface area contributed by atoms with Crippen molar-refractivity contribution in [1.29, 1.82) is 0 Å². The number of hydrogen-bond acceptors (Lipinski definition) is 3. The number of Topliss-reactive ketones (excluding diaryl/α,β-unsaturated/α-hetero) is 1. The Bertz CT molecular complexity index is 1180. The second kappa shape index (κ2) is 8.61. The number of methoxy groups -OCH3 is 1. The first-order valence-electron chi connectivity index (χ1n) is 11.6. The molecule has 3 nitrogen and oxygen atoms in total. The van der Waals surface area contributed by atoms with E-state index in [2.05, 4.69) is 58.0 Å². The minimum atomic E-state index is -0.225. The smallest absolute Gasteiger partial charge is 0.140 e. The van der Waals surface area contributed by atoms with Crippen LogP contribution in [-0.4, -0.2) is 18.5 Å². The third-order valence-electron chi connectivity index (χ3n) is 7.20. The van der Waals surface area contributed by atoms with Gasteiger partial charge in [-0.2, -0.15) is 0 Å². The number of ketones is 1. The Kier molecular flexibility index (Phi) is 6.03. The highest BCUT2D eigenvalue weighted by molar-refractivity contribution is 5.89. The molecule has 0 amide bonds. The molecule has 0 spiro atoms. The fraction of sp³-hybridized carbons (Fsp3) is 0.414. The van der Waals surface area contributed by atoms with Gasteiger partial charge >= 0.3 is 0 Å². The summed E-state index contributed by atoms with van der Waals surface area (Å²) >= 11 is 0. The van der Waals surface area contributed by atoms with Crippen LogP contribution in [0.25, 0.3) is 10.8 Å². The summed E-state index contributed by atoms with van der Waals surface area (Å²) in [6.45, 7) is 10.7. The van der Waals surface area contributed by atoms with E-state index in [1.54, 1.807) is 7.11 Å². The Morgan fingerprint density at radius 3 is 2.53 bits per heavy atom. The van der Waals surface area contributed by atoms with Gasteiger partial charge in [0.25, 0.3) is 0 Å². The van der Waals surface area contributed by atoms with Gasteiger partial charge < -0.3 is 9.47 Å². The average Bonchev–Trinajstić information content (AvgIpc) is 3.14. The molecule has 1 aliphatic rings. The first-order chi connectivity index (χ1) is 15.2. The van der Waals surface area contributed by atoms with Crippen LogP contribution >= 0.6 is 0 Å². The van der Waals surface area contributed by atoms with Crippen LogP contribution in [-0.2, 0) is 11.2 Å². The highest BCUT2D eigenvalue weighted by Crippen LogP contribution is 2.43. The number of aryl methyl sites for hydroxylation is 2. The predicted octanol–water partition coefficient (Wildman–Crippen LogP) is 7.01. The van der Waals surface area contributed by atoms with E-state index in [0.29, 0.717) is 12.2 Å². The summed E-state index contributed by atoms with van der Waals surface area (Å²) in [6, 6.07) is 14.6. The normalized spacial score (nSPS) is 18.3. The third-order valence-corrected chi connectivity index (χ3v) is 7.20. The van der Waals surface area contributed by atoms with Gasteiger partial charge in [0.1, 0.15) is 22.9 Å². The van der Waals surface area contributed by atoms with Crippen molar-refractivity contribution in [3.05, 3.63) is 70.3 Å². The van der Waals surface area contributed by atoms with Crippen molar-refractivity contribution in [2.24, 2.45) is 0 Å². The molecular formula is C29H34O3. The molecule has 0 aliphatic carbocycles. The van der Waals surface area contributed by atoms with E-state index < -0.39 is 0 Å². The molecule has 1 heterocycles. The Morgan fingerprint density at radius 2 is 1.78 bits per heavy atom. The maximum atomic E-state index is 13.0. The van der Waals surface area contributed by atoms with Gasteiger partial charge in [-0.1, -0.05) is 37.3 Å². The van der Waals surface area contributed by atoms with Crippen LogP contribution in [0.15, 0.2) is 42.5 Å². The van der Waals surface area contributed by atoms with Crippen LogP contribution in [0.1, 0.15) is 66.8 Å². The largest absolute Gasteiger partial charge is 0.497 e. The van der Waals surface area contributed by atoms with E-state index in [9.17, 15) is 4.79 Å². The molecule has 32 heavy (non-hydrogen) atoms. The first-order valence-corrected chi connectivity index (χ1v) is 11.6. The molecule has 168 valence electrons. The molecule has 3 aromatic carbocycles. The molecule has 0 fully saturated rings. The highest BCUT2D eigenvalue weighted by atomic mass is 16.5. The van der Waals surface area contributed by atoms with Gasteiger partial charge in [-0.15, -0.1) is 0 Å². The van der Waals surface area contributed by atoms with Crippen LogP contribution < -0.4 is 9.47 Å². The van der Waals surface area contributed by atoms with Gasteiger partial charge in [0.2, 0.25) is 0 Å². The zero-order chi connectivity index (χ0) is 23.0. The summed E-state index contributed by atoms with van der Waals surface area (Å²) in [4.78, 5) is 13.0. The number of carbonyl (C=O) groups excluding carboxylic acids is 1. The quantitative estimate of drug-likeness (QED) is 0.404. The predicted molar refractivity (Wildman–Crippen MR) is 131 cm³/mol. The number of rotatable bonds is 7. The SMILES string of the molecule is COc1ccc2cc(C(C)C(=O)CCCC3(C)Cc4c(C)cc(C)c(C)c4O3)ccc2c1. The molecule has 0 aromatic heterocycles. The molecule has 3 aromatic rings. The minimum Gasteiger partial charge on any atom is -0.497 e. The van der Waals surface area contributed by atoms with E-state index >= 15 is 0 Å². The third kappa shape index (κ3) is 4.26. The van der Waals surface area contributed by atoms with Gasteiger partial charge in [0, 0.05) is 24.3 Å². The minimum absolute atomic E-state index is 0.108. The first kappa shape index (κ1) is 22.4. The zero-order valence-electron chi connectivity index (χ0n) is 20.2. The lowest BCUT2D eigenvalue weighted by Gasteiger charge is -2.24. The number of ether oxygens (including phenoxy) is 2. The molecule has 0 saturated heterocycles. The molecule has 0 bridgehead atoms. The van der Waals surface area contributed by atoms with E-state index in [1.165, 1.54) is 22.3 Å². The Labute approximate surface area is 191 Å². The maximum absolute atomic E-state index is 13.0. The maximum Gasteiger partial charge on any atom is 0.140 e. The van der Waals surface area contributed by atoms with Crippen molar-refractivity contribution in [2.45, 2.75) is 71.8 Å². The molecule has 2 unspecified atom stereocenters. The monoisotopic (exact) mass is 430 g/mol. The fourth-order valence-electron chi connectivity index (χ4n) is 4.94. The van der Waals surface area contributed by atoms with E-state index in [1.807, 2.05) is 19.1 Å². The zero-order valence-corrected chi connectivity index (χ0v) is 20.2. The van der Waals surface area contributed by atoms with Gasteiger partial charge in [0.15, 0.2) is 0 Å². The Balaban J connectivity index is 1.38. The lowest BCUT2D eigenvalue weighted by atomic mass is 9.88. The lowest BCUT2D eigenvalue weighted by molar-refractivity contribution is -0.120. The summed E-state index contributed by atoms with van der Waals surface area (Å²) < 4.78 is 11.8. The molecule has 4 rings (SSSR count). The van der Waals surface area contributed by atoms with Crippen LogP contribution in [0.3, 0.4) is 0 Å². The highest BCUT2D eigenvalue weighted by Gasteiger charge is 2.36. The van der Waals surface area contributed by atoms with Crippen LogP contribution in [0, 0.1) is 20.8 Å². The average molecular weight is 431 g/mol. The van der Waals surface area contributed by atoms with Crippen LogP contribution in [0.5, 0.6) is 11.5 Å². The number of fused-ring (bicyclic) bond motifs is 2. The molecular weight excluding hydrogens is 396 g/mol. The van der Waals surface area contributed by atoms with Gasteiger partial charge in [0.05, 0.1) is 7.11 Å². The second-order valence-corrected chi connectivity index (χ2v) is 9.69. The van der Waals surface area contributed by atoms with Gasteiger partial charge in [-0.05, 0) is 85.7 Å². The summed E-state index contributed by atoms with van der Waals surface area (Å²) in [7, 11) is 1.68. The summed E-state index contributed by atoms with van der Waals surface area (Å²) in [5.74, 6) is 2.10. The van der Waals surface area contributed by atoms with Gasteiger partial charge in [-0.25, -0.2) is 0 Å². The molecule has 2 atom stereocenters. The van der Waals surface area contributed by atoms with Crippen molar-refractivity contribution < 1.29 is 14.3 Å². The Hall–Kier alpha value is -2.81. The van der Waals surface area contributed by atoms with Crippen molar-refractivity contribution >= 4 is 16.6 Å².